The van der Waals surface area contributed by atoms with Gasteiger partial charge in [-0.15, -0.1) is 0 Å². The second-order valence-corrected chi connectivity index (χ2v) is 15.5. The van der Waals surface area contributed by atoms with Crippen molar-refractivity contribution in [3.8, 4) is 11.5 Å². The van der Waals surface area contributed by atoms with Gasteiger partial charge >= 0.3 is 0 Å². The summed E-state index contributed by atoms with van der Waals surface area (Å²) in [6.45, 7) is 22.7. The molecule has 0 aromatic heterocycles. The lowest BCUT2D eigenvalue weighted by molar-refractivity contribution is 0.145. The zero-order valence-corrected chi connectivity index (χ0v) is 21.4. The maximum atomic E-state index is 6.59. The molecule has 1 aromatic carbocycles. The number of hydrogen-bond acceptors (Lipinski definition) is 3. The van der Waals surface area contributed by atoms with Crippen molar-refractivity contribution < 1.29 is 13.9 Å². The minimum absolute atomic E-state index is 0.0203. The van der Waals surface area contributed by atoms with Gasteiger partial charge in [-0.25, -0.2) is 0 Å². The van der Waals surface area contributed by atoms with Crippen LogP contribution in [0.25, 0.3) is 5.57 Å². The summed E-state index contributed by atoms with van der Waals surface area (Å²) < 4.78 is 18.8. The van der Waals surface area contributed by atoms with Gasteiger partial charge in [0.1, 0.15) is 17.6 Å². The van der Waals surface area contributed by atoms with Crippen LogP contribution in [0.5, 0.6) is 11.5 Å². The van der Waals surface area contributed by atoms with E-state index in [1.807, 2.05) is 0 Å². The Balaban J connectivity index is 2.90. The first-order chi connectivity index (χ1) is 12.3. The standard InChI is InChI=1S/C22H38O3Si2/c1-21(2,3)19-18(20(22(4,5)6)25-27(10)11)17-15(24-19)12-14(23-7)13-16(17)26(8)9/h12-13,19,26-27H,1-11H3. The number of hydrogen-bond donors (Lipinski definition) is 0. The number of fused-ring (bicyclic) bond motifs is 1. The maximum Gasteiger partial charge on any atom is 0.229 e. The lowest BCUT2D eigenvalue weighted by Crippen LogP contribution is -2.34. The maximum absolute atomic E-state index is 6.59. The van der Waals surface area contributed by atoms with Crippen LogP contribution in [0.3, 0.4) is 0 Å². The van der Waals surface area contributed by atoms with Crippen molar-refractivity contribution in [1.29, 1.82) is 0 Å². The molecule has 5 heteroatoms. The molecule has 1 unspecified atom stereocenters. The highest BCUT2D eigenvalue weighted by atomic mass is 28.3. The van der Waals surface area contributed by atoms with Crippen molar-refractivity contribution in [3.63, 3.8) is 0 Å². The topological polar surface area (TPSA) is 27.7 Å². The fourth-order valence-corrected chi connectivity index (χ4v) is 5.93. The predicted molar refractivity (Wildman–Crippen MR) is 122 cm³/mol. The molecule has 152 valence electrons. The van der Waals surface area contributed by atoms with Crippen molar-refractivity contribution in [2.75, 3.05) is 7.11 Å². The quantitative estimate of drug-likeness (QED) is 0.523. The second kappa shape index (κ2) is 7.66. The van der Waals surface area contributed by atoms with E-state index in [2.05, 4.69) is 79.9 Å². The predicted octanol–water partition coefficient (Wildman–Crippen LogP) is 4.95. The lowest BCUT2D eigenvalue weighted by atomic mass is 9.79. The number of methoxy groups -OCH3 is 1. The van der Waals surface area contributed by atoms with Crippen LogP contribution in [-0.2, 0) is 4.43 Å². The third-order valence-electron chi connectivity index (χ3n) is 4.81. The minimum atomic E-state index is -1.26. The molecule has 0 radical (unpaired) electrons. The van der Waals surface area contributed by atoms with Crippen molar-refractivity contribution >= 4 is 28.6 Å². The number of rotatable bonds is 4. The van der Waals surface area contributed by atoms with E-state index in [0.717, 1.165) is 17.3 Å². The van der Waals surface area contributed by atoms with Gasteiger partial charge in [0, 0.05) is 28.0 Å². The zero-order chi connectivity index (χ0) is 20.7. The van der Waals surface area contributed by atoms with E-state index < -0.39 is 17.8 Å². The number of ether oxygens (including phenoxy) is 2. The van der Waals surface area contributed by atoms with Crippen LogP contribution in [0.2, 0.25) is 26.2 Å². The van der Waals surface area contributed by atoms with Crippen LogP contribution in [0.15, 0.2) is 17.9 Å². The van der Waals surface area contributed by atoms with E-state index in [1.54, 1.807) is 7.11 Å². The van der Waals surface area contributed by atoms with Crippen LogP contribution in [0.4, 0.5) is 0 Å². The Morgan fingerprint density at radius 3 is 2.00 bits per heavy atom. The van der Waals surface area contributed by atoms with Crippen LogP contribution in [-0.4, -0.2) is 31.1 Å². The molecule has 1 aromatic rings. The molecule has 0 saturated carbocycles. The Bertz CT molecular complexity index is 722. The summed E-state index contributed by atoms with van der Waals surface area (Å²) in [5.74, 6) is 2.95. The molecular weight excluding hydrogens is 368 g/mol. The highest BCUT2D eigenvalue weighted by Crippen LogP contribution is 2.49. The monoisotopic (exact) mass is 406 g/mol. The SMILES string of the molecule is COc1cc2c(c([SiH](C)C)c1)C(=C(O[SiH](C)C)C(C)(C)C)C(C(C)(C)C)O2. The van der Waals surface area contributed by atoms with E-state index in [4.69, 9.17) is 13.9 Å². The normalized spacial score (nSPS) is 19.2. The van der Waals surface area contributed by atoms with Gasteiger partial charge in [0.05, 0.1) is 21.7 Å². The van der Waals surface area contributed by atoms with Gasteiger partial charge < -0.3 is 13.9 Å². The van der Waals surface area contributed by atoms with Gasteiger partial charge in [0.25, 0.3) is 0 Å². The Labute approximate surface area is 169 Å². The third kappa shape index (κ3) is 4.62. The summed E-state index contributed by atoms with van der Waals surface area (Å²) in [5.41, 5.74) is 2.44. The van der Waals surface area contributed by atoms with Gasteiger partial charge in [-0.2, -0.15) is 0 Å². The lowest BCUT2D eigenvalue weighted by Gasteiger charge is -2.34. The summed E-state index contributed by atoms with van der Waals surface area (Å²) in [6.07, 6.45) is -0.0203. The molecule has 1 heterocycles. The van der Waals surface area contributed by atoms with Gasteiger partial charge in [-0.3, -0.25) is 0 Å². The molecule has 0 saturated heterocycles. The molecule has 1 atom stereocenters. The molecule has 0 fully saturated rings. The Kier molecular flexibility index (Phi) is 6.27. The largest absolute Gasteiger partial charge is 0.549 e. The Morgan fingerprint density at radius 2 is 1.59 bits per heavy atom. The van der Waals surface area contributed by atoms with Crippen molar-refractivity contribution in [1.82, 2.24) is 0 Å². The first-order valence-corrected chi connectivity index (χ1v) is 15.7. The van der Waals surface area contributed by atoms with Crippen LogP contribution < -0.4 is 14.7 Å². The zero-order valence-electron chi connectivity index (χ0n) is 19.1. The van der Waals surface area contributed by atoms with E-state index >= 15 is 0 Å². The van der Waals surface area contributed by atoms with Gasteiger partial charge in [-0.1, -0.05) is 54.6 Å². The van der Waals surface area contributed by atoms with Crippen LogP contribution in [0, 0.1) is 10.8 Å². The molecular formula is C22H38O3Si2. The first kappa shape index (κ1) is 22.1. The van der Waals surface area contributed by atoms with Crippen molar-refractivity contribution in [2.24, 2.45) is 10.8 Å². The second-order valence-electron chi connectivity index (χ2n) is 10.3. The summed E-state index contributed by atoms with van der Waals surface area (Å²) in [4.78, 5) is 0. The molecule has 27 heavy (non-hydrogen) atoms. The summed E-state index contributed by atoms with van der Waals surface area (Å²) in [7, 11) is -0.637. The van der Waals surface area contributed by atoms with Crippen molar-refractivity contribution in [3.05, 3.63) is 23.5 Å². The minimum Gasteiger partial charge on any atom is -0.549 e. The number of benzene rings is 1. The van der Waals surface area contributed by atoms with Gasteiger partial charge in [-0.05, 0) is 24.3 Å². The third-order valence-corrected chi connectivity index (χ3v) is 7.21. The summed E-state index contributed by atoms with van der Waals surface area (Å²) >= 11 is 0. The summed E-state index contributed by atoms with van der Waals surface area (Å²) in [6, 6.07) is 4.27. The Hall–Kier alpha value is -1.21. The molecule has 0 bridgehead atoms. The van der Waals surface area contributed by atoms with Crippen LogP contribution >= 0.6 is 0 Å². The fraction of sp³-hybridized carbons (Fsp3) is 0.636. The average Bonchev–Trinajstić information content (AvgIpc) is 2.89. The average molecular weight is 407 g/mol. The van der Waals surface area contributed by atoms with E-state index in [0.29, 0.717) is 0 Å². The highest BCUT2D eigenvalue weighted by molar-refractivity contribution is 6.71. The molecule has 2 rings (SSSR count). The Morgan fingerprint density at radius 1 is 1.00 bits per heavy atom. The van der Waals surface area contributed by atoms with E-state index in [1.165, 1.54) is 16.3 Å². The smallest absolute Gasteiger partial charge is 0.229 e. The molecule has 0 spiro atoms. The molecule has 0 aliphatic carbocycles. The molecule has 0 N–H and O–H groups in total. The fourth-order valence-electron chi connectivity index (χ4n) is 3.60. The molecule has 1 aliphatic heterocycles. The highest BCUT2D eigenvalue weighted by Gasteiger charge is 2.43. The van der Waals surface area contributed by atoms with E-state index in [-0.39, 0.29) is 16.9 Å². The van der Waals surface area contributed by atoms with E-state index in [9.17, 15) is 0 Å². The number of allylic oxidation sites excluding steroid dienone is 1. The molecule has 3 nitrogen and oxygen atoms in total. The van der Waals surface area contributed by atoms with Crippen molar-refractivity contribution in [2.45, 2.75) is 73.8 Å². The first-order valence-electron chi connectivity index (χ1n) is 10.1. The van der Waals surface area contributed by atoms with Gasteiger partial charge in [0.2, 0.25) is 9.04 Å². The van der Waals surface area contributed by atoms with Gasteiger partial charge in [0.15, 0.2) is 0 Å². The van der Waals surface area contributed by atoms with Crippen LogP contribution in [0.1, 0.15) is 47.1 Å². The molecule has 1 aliphatic rings. The summed E-state index contributed by atoms with van der Waals surface area (Å²) in [5, 5.41) is 1.40. The molecule has 0 amide bonds.